The van der Waals surface area contributed by atoms with Crippen molar-refractivity contribution >= 4 is 0 Å². The van der Waals surface area contributed by atoms with Crippen molar-refractivity contribution < 1.29 is 4.74 Å². The molecule has 110 valence electrons. The monoisotopic (exact) mass is 265 g/mol. The third-order valence-corrected chi connectivity index (χ3v) is 5.67. The second-order valence-corrected chi connectivity index (χ2v) is 7.23. The first-order valence-electron chi connectivity index (χ1n) is 8.71. The largest absolute Gasteiger partial charge is 0.372 e. The molecule has 2 heteroatoms. The van der Waals surface area contributed by atoms with Crippen molar-refractivity contribution in [3.63, 3.8) is 0 Å². The predicted molar refractivity (Wildman–Crippen MR) is 79.3 cm³/mol. The molecule has 3 aliphatic rings. The van der Waals surface area contributed by atoms with Gasteiger partial charge in [-0.05, 0) is 70.3 Å². The highest BCUT2D eigenvalue weighted by Gasteiger charge is 2.42. The third-order valence-electron chi connectivity index (χ3n) is 5.67. The van der Waals surface area contributed by atoms with Crippen LogP contribution in [-0.2, 0) is 4.74 Å². The first-order chi connectivity index (χ1) is 9.30. The van der Waals surface area contributed by atoms with Crippen molar-refractivity contribution in [3.8, 4) is 0 Å². The van der Waals surface area contributed by atoms with Gasteiger partial charge in [-0.2, -0.15) is 0 Å². The van der Waals surface area contributed by atoms with Gasteiger partial charge in [-0.3, -0.25) is 0 Å². The molecule has 0 aromatic heterocycles. The molecule has 0 amide bonds. The maximum absolute atomic E-state index is 6.47. The maximum atomic E-state index is 6.47. The van der Waals surface area contributed by atoms with Crippen LogP contribution in [0, 0.1) is 5.92 Å². The fourth-order valence-corrected chi connectivity index (χ4v) is 4.64. The first-order valence-corrected chi connectivity index (χ1v) is 8.71. The summed E-state index contributed by atoms with van der Waals surface area (Å²) in [7, 11) is 0. The molecule has 3 fully saturated rings. The van der Waals surface area contributed by atoms with Gasteiger partial charge in [0.15, 0.2) is 0 Å². The van der Waals surface area contributed by atoms with Gasteiger partial charge in [0.2, 0.25) is 0 Å². The fraction of sp³-hybridized carbons (Fsp3) is 1.00. The molecule has 1 saturated heterocycles. The highest BCUT2D eigenvalue weighted by atomic mass is 16.5. The van der Waals surface area contributed by atoms with E-state index in [9.17, 15) is 0 Å². The second kappa shape index (κ2) is 6.13. The zero-order chi connectivity index (χ0) is 13.1. The van der Waals surface area contributed by atoms with Crippen molar-refractivity contribution in [1.29, 1.82) is 0 Å². The molecule has 19 heavy (non-hydrogen) atoms. The molecule has 1 N–H and O–H groups in total. The Morgan fingerprint density at radius 2 is 1.95 bits per heavy atom. The summed E-state index contributed by atoms with van der Waals surface area (Å²) < 4.78 is 6.47. The third kappa shape index (κ3) is 3.33. The van der Waals surface area contributed by atoms with Gasteiger partial charge < -0.3 is 10.1 Å². The Morgan fingerprint density at radius 3 is 2.74 bits per heavy atom. The van der Waals surface area contributed by atoms with E-state index >= 15 is 0 Å². The van der Waals surface area contributed by atoms with E-state index in [1.165, 1.54) is 77.2 Å². The summed E-state index contributed by atoms with van der Waals surface area (Å²) in [5.74, 6) is 0.927. The van der Waals surface area contributed by atoms with E-state index in [2.05, 4.69) is 12.2 Å². The topological polar surface area (TPSA) is 21.3 Å². The minimum Gasteiger partial charge on any atom is -0.372 e. The molecule has 2 saturated carbocycles. The number of hydrogen-bond donors (Lipinski definition) is 1. The van der Waals surface area contributed by atoms with Gasteiger partial charge in [0.05, 0.1) is 11.7 Å². The van der Waals surface area contributed by atoms with Crippen LogP contribution in [-0.4, -0.2) is 24.3 Å². The van der Waals surface area contributed by atoms with Crippen molar-refractivity contribution in [3.05, 3.63) is 0 Å². The van der Waals surface area contributed by atoms with Crippen molar-refractivity contribution in [2.75, 3.05) is 6.54 Å². The Kier molecular flexibility index (Phi) is 4.48. The Balaban J connectivity index is 1.41. The van der Waals surface area contributed by atoms with Gasteiger partial charge in [-0.1, -0.05) is 19.8 Å². The average molecular weight is 265 g/mol. The maximum Gasteiger partial charge on any atom is 0.0687 e. The molecule has 2 aliphatic carbocycles. The number of nitrogens with one attached hydrogen (secondary N) is 1. The Hall–Kier alpha value is -0.0800. The van der Waals surface area contributed by atoms with E-state index in [1.807, 2.05) is 0 Å². The van der Waals surface area contributed by atoms with Gasteiger partial charge in [0, 0.05) is 6.04 Å². The molecular weight excluding hydrogens is 234 g/mol. The highest BCUT2D eigenvalue weighted by molar-refractivity contribution is 4.94. The van der Waals surface area contributed by atoms with Crippen LogP contribution in [0.25, 0.3) is 0 Å². The van der Waals surface area contributed by atoms with Gasteiger partial charge in [0.25, 0.3) is 0 Å². The van der Waals surface area contributed by atoms with Crippen LogP contribution in [0.1, 0.15) is 77.6 Å². The van der Waals surface area contributed by atoms with Crippen molar-refractivity contribution in [2.45, 2.75) is 95.3 Å². The number of rotatable bonds is 5. The van der Waals surface area contributed by atoms with Gasteiger partial charge in [-0.25, -0.2) is 0 Å². The molecule has 0 bridgehead atoms. The van der Waals surface area contributed by atoms with Crippen LogP contribution in [0.2, 0.25) is 0 Å². The minimum absolute atomic E-state index is 0.336. The Bertz CT molecular complexity index is 285. The molecule has 0 aromatic carbocycles. The number of hydrogen-bond acceptors (Lipinski definition) is 2. The van der Waals surface area contributed by atoms with Crippen LogP contribution in [0.3, 0.4) is 0 Å². The Morgan fingerprint density at radius 1 is 1.11 bits per heavy atom. The van der Waals surface area contributed by atoms with E-state index in [0.717, 1.165) is 12.0 Å². The molecule has 1 heterocycles. The highest BCUT2D eigenvalue weighted by Crippen LogP contribution is 2.45. The predicted octanol–water partition coefficient (Wildman–Crippen LogP) is 4.04. The van der Waals surface area contributed by atoms with Gasteiger partial charge in [0.1, 0.15) is 0 Å². The summed E-state index contributed by atoms with van der Waals surface area (Å²) in [6, 6.07) is 0.798. The summed E-state index contributed by atoms with van der Waals surface area (Å²) in [5.41, 5.74) is 0.336. The fourth-order valence-electron chi connectivity index (χ4n) is 4.64. The average Bonchev–Trinajstić information content (AvgIpc) is 3.12. The minimum atomic E-state index is 0.336. The van der Waals surface area contributed by atoms with Crippen LogP contribution < -0.4 is 5.32 Å². The summed E-state index contributed by atoms with van der Waals surface area (Å²) >= 11 is 0. The van der Waals surface area contributed by atoms with Crippen LogP contribution in [0.5, 0.6) is 0 Å². The molecule has 1 spiro atoms. The van der Waals surface area contributed by atoms with Crippen molar-refractivity contribution in [2.24, 2.45) is 5.92 Å². The summed E-state index contributed by atoms with van der Waals surface area (Å²) in [4.78, 5) is 0. The summed E-state index contributed by atoms with van der Waals surface area (Å²) in [6.07, 6.45) is 15.6. The normalized spacial score (nSPS) is 37.4. The lowest BCUT2D eigenvalue weighted by Crippen LogP contribution is -2.28. The van der Waals surface area contributed by atoms with Gasteiger partial charge >= 0.3 is 0 Å². The van der Waals surface area contributed by atoms with Crippen molar-refractivity contribution in [1.82, 2.24) is 5.32 Å². The van der Waals surface area contributed by atoms with Crippen LogP contribution >= 0.6 is 0 Å². The van der Waals surface area contributed by atoms with E-state index in [-0.39, 0.29) is 0 Å². The second-order valence-electron chi connectivity index (χ2n) is 7.23. The van der Waals surface area contributed by atoms with Gasteiger partial charge in [-0.15, -0.1) is 0 Å². The van der Waals surface area contributed by atoms with Crippen LogP contribution in [0.4, 0.5) is 0 Å². The first kappa shape index (κ1) is 13.9. The summed E-state index contributed by atoms with van der Waals surface area (Å²) in [6.45, 7) is 3.45. The lowest BCUT2D eigenvalue weighted by Gasteiger charge is -2.25. The lowest BCUT2D eigenvalue weighted by atomic mass is 9.95. The molecule has 1 aliphatic heterocycles. The molecule has 0 aromatic rings. The SMILES string of the molecule is CCCNC1CCC(CC2CCC3(CCCC3)O2)C1. The lowest BCUT2D eigenvalue weighted by molar-refractivity contribution is -0.0439. The quantitative estimate of drug-likeness (QED) is 0.810. The molecule has 3 unspecified atom stereocenters. The standard InChI is InChI=1S/C17H31NO/c1-2-11-18-15-6-5-14(12-15)13-16-7-10-17(19-16)8-3-4-9-17/h14-16,18H,2-13H2,1H3. The molecular formula is C17H31NO. The van der Waals surface area contributed by atoms with E-state index in [0.29, 0.717) is 11.7 Å². The van der Waals surface area contributed by atoms with E-state index in [4.69, 9.17) is 4.74 Å². The summed E-state index contributed by atoms with van der Waals surface area (Å²) in [5, 5.41) is 3.69. The molecule has 0 radical (unpaired) electrons. The number of ether oxygens (including phenoxy) is 1. The molecule has 3 atom stereocenters. The van der Waals surface area contributed by atoms with E-state index < -0.39 is 0 Å². The smallest absolute Gasteiger partial charge is 0.0687 e. The zero-order valence-corrected chi connectivity index (χ0v) is 12.6. The zero-order valence-electron chi connectivity index (χ0n) is 12.6. The molecule has 2 nitrogen and oxygen atoms in total. The molecule has 3 rings (SSSR count). The van der Waals surface area contributed by atoms with Crippen LogP contribution in [0.15, 0.2) is 0 Å². The Labute approximate surface area is 118 Å². The van der Waals surface area contributed by atoms with E-state index in [1.54, 1.807) is 0 Å².